The molecule has 160 valence electrons. The van der Waals surface area contributed by atoms with Gasteiger partial charge in [0.15, 0.2) is 12.7 Å². The van der Waals surface area contributed by atoms with Gasteiger partial charge in [0.2, 0.25) is 0 Å². The molecule has 4 aliphatic carbocycles. The number of esters is 1. The first kappa shape index (κ1) is 20.7. The molecule has 0 unspecified atom stereocenters. The Labute approximate surface area is 178 Å². The van der Waals surface area contributed by atoms with Crippen LogP contribution in [0, 0.1) is 29.1 Å². The first-order valence-electron chi connectivity index (χ1n) is 11.0. The Balaban J connectivity index is 1.38. The summed E-state index contributed by atoms with van der Waals surface area (Å²) in [5, 5.41) is 9.12. The molecule has 4 bridgehead atoms. The number of benzene rings is 1. The Morgan fingerprint density at radius 1 is 1.13 bits per heavy atom. The van der Waals surface area contributed by atoms with Crippen LogP contribution in [0.25, 0.3) is 0 Å². The van der Waals surface area contributed by atoms with Crippen molar-refractivity contribution >= 4 is 11.9 Å². The summed E-state index contributed by atoms with van der Waals surface area (Å²) in [6.45, 7) is 1.73. The lowest BCUT2D eigenvalue weighted by molar-refractivity contribution is -0.165. The summed E-state index contributed by atoms with van der Waals surface area (Å²) < 4.78 is 10.9. The molecule has 0 radical (unpaired) electrons. The van der Waals surface area contributed by atoms with E-state index in [1.54, 1.807) is 19.1 Å². The predicted molar refractivity (Wildman–Crippen MR) is 110 cm³/mol. The third-order valence-corrected chi connectivity index (χ3v) is 7.05. The molecule has 4 saturated carbocycles. The van der Waals surface area contributed by atoms with Crippen molar-refractivity contribution in [1.82, 2.24) is 4.90 Å². The van der Waals surface area contributed by atoms with Crippen LogP contribution in [-0.4, -0.2) is 41.6 Å². The van der Waals surface area contributed by atoms with E-state index in [1.165, 1.54) is 19.3 Å². The number of rotatable bonds is 8. The van der Waals surface area contributed by atoms with Gasteiger partial charge in [-0.15, -0.1) is 0 Å². The number of para-hydroxylation sites is 1. The van der Waals surface area contributed by atoms with E-state index in [1.807, 2.05) is 23.1 Å². The molecule has 0 spiro atoms. The first-order chi connectivity index (χ1) is 14.5. The number of carbonyl (C=O) groups is 2. The van der Waals surface area contributed by atoms with Gasteiger partial charge in [0.25, 0.3) is 5.91 Å². The average molecular weight is 411 g/mol. The van der Waals surface area contributed by atoms with Crippen LogP contribution in [-0.2, 0) is 14.3 Å². The number of ether oxygens (including phenoxy) is 2. The third-order valence-electron chi connectivity index (χ3n) is 7.05. The van der Waals surface area contributed by atoms with E-state index < -0.39 is 12.1 Å². The molecule has 0 heterocycles. The zero-order valence-corrected chi connectivity index (χ0v) is 17.6. The highest BCUT2D eigenvalue weighted by atomic mass is 16.6. The van der Waals surface area contributed by atoms with Crippen LogP contribution in [0.2, 0.25) is 0 Å². The van der Waals surface area contributed by atoms with Gasteiger partial charge in [0, 0.05) is 12.1 Å². The number of hydrogen-bond acceptors (Lipinski definition) is 5. The predicted octanol–water partition coefficient (Wildman–Crippen LogP) is 3.71. The van der Waals surface area contributed by atoms with Gasteiger partial charge in [-0.25, -0.2) is 4.79 Å². The third kappa shape index (κ3) is 4.30. The lowest BCUT2D eigenvalue weighted by Crippen LogP contribution is -2.62. The van der Waals surface area contributed by atoms with Gasteiger partial charge in [-0.1, -0.05) is 18.2 Å². The topological polar surface area (TPSA) is 79.6 Å². The van der Waals surface area contributed by atoms with Crippen molar-refractivity contribution in [3.63, 3.8) is 0 Å². The summed E-state index contributed by atoms with van der Waals surface area (Å²) in [6.07, 6.45) is 6.42. The lowest BCUT2D eigenvalue weighted by Gasteiger charge is -2.60. The normalized spacial score (nSPS) is 29.7. The Kier molecular flexibility index (Phi) is 5.99. The van der Waals surface area contributed by atoms with Gasteiger partial charge in [0.1, 0.15) is 5.75 Å². The quantitative estimate of drug-likeness (QED) is 0.611. The zero-order chi connectivity index (χ0) is 21.1. The van der Waals surface area contributed by atoms with Gasteiger partial charge < -0.3 is 14.4 Å². The largest absolute Gasteiger partial charge is 0.479 e. The summed E-state index contributed by atoms with van der Waals surface area (Å²) in [5.74, 6) is 1.91. The van der Waals surface area contributed by atoms with E-state index in [-0.39, 0.29) is 18.1 Å². The second-order valence-electron chi connectivity index (χ2n) is 9.28. The van der Waals surface area contributed by atoms with Crippen molar-refractivity contribution in [3.8, 4) is 11.8 Å². The Hall–Kier alpha value is -2.55. The van der Waals surface area contributed by atoms with Crippen LogP contribution in [0.3, 0.4) is 0 Å². The van der Waals surface area contributed by atoms with E-state index in [0.717, 1.165) is 19.3 Å². The highest BCUT2D eigenvalue weighted by Crippen LogP contribution is 2.57. The maximum Gasteiger partial charge on any atom is 0.347 e. The van der Waals surface area contributed by atoms with Crippen molar-refractivity contribution in [1.29, 1.82) is 5.26 Å². The highest BCUT2D eigenvalue weighted by Gasteiger charge is 2.54. The van der Waals surface area contributed by atoms with Crippen LogP contribution in [0.4, 0.5) is 0 Å². The minimum Gasteiger partial charge on any atom is -0.479 e. The molecule has 1 aromatic carbocycles. The van der Waals surface area contributed by atoms with Crippen LogP contribution < -0.4 is 4.74 Å². The van der Waals surface area contributed by atoms with Crippen molar-refractivity contribution in [3.05, 3.63) is 30.3 Å². The SMILES string of the molecule is C[C@H](Oc1ccccc1)C(=O)OCC(=O)N(CCC#N)C12CC3CC(CC(C3)C1)C2. The van der Waals surface area contributed by atoms with Gasteiger partial charge in [-0.2, -0.15) is 5.26 Å². The molecular formula is C24H30N2O4. The molecule has 0 aromatic heterocycles. The van der Waals surface area contributed by atoms with Gasteiger partial charge >= 0.3 is 5.97 Å². The number of nitriles is 1. The summed E-state index contributed by atoms with van der Waals surface area (Å²) in [7, 11) is 0. The van der Waals surface area contributed by atoms with E-state index >= 15 is 0 Å². The number of carbonyl (C=O) groups excluding carboxylic acids is 2. The molecule has 1 amide bonds. The molecule has 1 aromatic rings. The molecule has 0 N–H and O–H groups in total. The van der Waals surface area contributed by atoms with Crippen molar-refractivity contribution in [2.45, 2.75) is 63.5 Å². The van der Waals surface area contributed by atoms with Crippen LogP contribution in [0.5, 0.6) is 5.75 Å². The van der Waals surface area contributed by atoms with Gasteiger partial charge in [-0.05, 0) is 75.3 Å². The van der Waals surface area contributed by atoms with Crippen LogP contribution in [0.15, 0.2) is 30.3 Å². The number of hydrogen-bond donors (Lipinski definition) is 0. The fourth-order valence-corrected chi connectivity index (χ4v) is 6.26. The highest BCUT2D eigenvalue weighted by molar-refractivity contribution is 5.82. The second kappa shape index (κ2) is 8.67. The molecule has 0 saturated heterocycles. The van der Waals surface area contributed by atoms with E-state index in [2.05, 4.69) is 6.07 Å². The van der Waals surface area contributed by atoms with Gasteiger partial charge in [-0.3, -0.25) is 4.79 Å². The molecule has 30 heavy (non-hydrogen) atoms. The standard InChI is InChI=1S/C24H30N2O4/c1-17(30-21-6-3-2-4-7-21)23(28)29-16-22(27)26(9-5-8-25)24-13-18-10-19(14-24)12-20(11-18)15-24/h2-4,6-7,17-20H,5,9-16H2,1H3/t17-,18?,19?,20?,24?/m0/s1. The Morgan fingerprint density at radius 3 is 2.30 bits per heavy atom. The summed E-state index contributed by atoms with van der Waals surface area (Å²) in [6, 6.07) is 11.2. The minimum atomic E-state index is -0.799. The molecule has 6 heteroatoms. The number of nitrogens with zero attached hydrogens (tertiary/aromatic N) is 2. The molecular weight excluding hydrogens is 380 g/mol. The summed E-state index contributed by atoms with van der Waals surface area (Å²) in [5.41, 5.74) is -0.152. The zero-order valence-electron chi connectivity index (χ0n) is 17.6. The molecule has 1 atom stereocenters. The fourth-order valence-electron chi connectivity index (χ4n) is 6.26. The van der Waals surface area contributed by atoms with Crippen molar-refractivity contribution in [2.75, 3.05) is 13.2 Å². The summed E-state index contributed by atoms with van der Waals surface area (Å²) in [4.78, 5) is 27.4. The van der Waals surface area contributed by atoms with E-state index in [4.69, 9.17) is 14.7 Å². The minimum absolute atomic E-state index is 0.152. The fraction of sp³-hybridized carbons (Fsp3) is 0.625. The Morgan fingerprint density at radius 2 is 1.73 bits per heavy atom. The molecule has 4 fully saturated rings. The molecule has 4 aliphatic rings. The summed E-state index contributed by atoms with van der Waals surface area (Å²) >= 11 is 0. The first-order valence-corrected chi connectivity index (χ1v) is 11.0. The maximum atomic E-state index is 13.1. The average Bonchev–Trinajstić information content (AvgIpc) is 2.71. The maximum absolute atomic E-state index is 13.1. The van der Waals surface area contributed by atoms with Crippen molar-refractivity contribution in [2.24, 2.45) is 17.8 Å². The number of amides is 1. The van der Waals surface area contributed by atoms with E-state index in [0.29, 0.717) is 36.5 Å². The lowest BCUT2D eigenvalue weighted by atomic mass is 9.52. The van der Waals surface area contributed by atoms with Crippen LogP contribution in [0.1, 0.15) is 51.9 Å². The van der Waals surface area contributed by atoms with E-state index in [9.17, 15) is 9.59 Å². The molecule has 0 aliphatic heterocycles. The van der Waals surface area contributed by atoms with Gasteiger partial charge in [0.05, 0.1) is 12.5 Å². The monoisotopic (exact) mass is 410 g/mol. The second-order valence-corrected chi connectivity index (χ2v) is 9.28. The van der Waals surface area contributed by atoms with Crippen LogP contribution >= 0.6 is 0 Å². The van der Waals surface area contributed by atoms with Crippen molar-refractivity contribution < 1.29 is 19.1 Å². The molecule has 6 nitrogen and oxygen atoms in total. The molecule has 5 rings (SSSR count). The Bertz CT molecular complexity index is 781. The smallest absolute Gasteiger partial charge is 0.347 e.